The average molecular weight is 324 g/mol. The third kappa shape index (κ3) is 2.88. The maximum absolute atomic E-state index is 5.89. The molecule has 0 bridgehead atoms. The number of nitrogen functional groups attached to an aromatic ring is 1. The maximum atomic E-state index is 5.89. The molecular weight excluding hydrogens is 304 g/mol. The van der Waals surface area contributed by atoms with E-state index in [1.807, 2.05) is 0 Å². The van der Waals surface area contributed by atoms with Crippen LogP contribution in [0.1, 0.15) is 38.1 Å². The molecule has 0 aliphatic carbocycles. The van der Waals surface area contributed by atoms with Gasteiger partial charge in [-0.2, -0.15) is 0 Å². The van der Waals surface area contributed by atoms with Crippen LogP contribution in [0.3, 0.4) is 0 Å². The van der Waals surface area contributed by atoms with Gasteiger partial charge in [0.25, 0.3) is 0 Å². The predicted octanol–water partition coefficient (Wildman–Crippen LogP) is 3.33. The fourth-order valence-corrected chi connectivity index (χ4v) is 4.36. The van der Waals surface area contributed by atoms with Crippen LogP contribution in [0.4, 0.5) is 5.82 Å². The number of rotatable bonds is 3. The minimum absolute atomic E-state index is 0.155. The standard InChI is InChI=1S/C14H20N4OS2/c1-7(2)20-13-16-11(18-15)10-8-5-14(3,4)19-6-9(8)21-12(10)17-13/h7H,5-6,15H2,1-4H3,(H,16,17,18). The molecule has 0 aromatic carbocycles. The van der Waals surface area contributed by atoms with E-state index in [9.17, 15) is 0 Å². The van der Waals surface area contributed by atoms with Gasteiger partial charge in [-0.3, -0.25) is 0 Å². The Morgan fingerprint density at radius 2 is 2.14 bits per heavy atom. The monoisotopic (exact) mass is 324 g/mol. The van der Waals surface area contributed by atoms with E-state index in [4.69, 9.17) is 15.6 Å². The minimum Gasteiger partial charge on any atom is -0.370 e. The second-order valence-electron chi connectivity index (χ2n) is 6.07. The summed E-state index contributed by atoms with van der Waals surface area (Å²) in [5.74, 6) is 6.42. The second-order valence-corrected chi connectivity index (χ2v) is 8.70. The molecule has 114 valence electrons. The fourth-order valence-electron chi connectivity index (χ4n) is 2.49. The van der Waals surface area contributed by atoms with Crippen LogP contribution in [0.25, 0.3) is 10.2 Å². The molecule has 0 spiro atoms. The lowest BCUT2D eigenvalue weighted by Gasteiger charge is -2.30. The first kappa shape index (κ1) is 15.0. The predicted molar refractivity (Wildman–Crippen MR) is 88.8 cm³/mol. The molecule has 1 aliphatic rings. The third-order valence-corrected chi connectivity index (χ3v) is 5.35. The van der Waals surface area contributed by atoms with E-state index >= 15 is 0 Å². The molecule has 3 rings (SSSR count). The fraction of sp³-hybridized carbons (Fsp3) is 0.571. The normalized spacial score (nSPS) is 17.2. The van der Waals surface area contributed by atoms with Gasteiger partial charge in [0.05, 0.1) is 17.6 Å². The van der Waals surface area contributed by atoms with Crippen LogP contribution >= 0.6 is 23.1 Å². The summed E-state index contributed by atoms with van der Waals surface area (Å²) in [4.78, 5) is 11.5. The number of hydrogen-bond acceptors (Lipinski definition) is 7. The Bertz CT molecular complexity index is 681. The van der Waals surface area contributed by atoms with Gasteiger partial charge in [0.15, 0.2) is 11.0 Å². The molecule has 2 aromatic heterocycles. The molecule has 0 unspecified atom stereocenters. The number of hydrogen-bond donors (Lipinski definition) is 2. The van der Waals surface area contributed by atoms with Gasteiger partial charge >= 0.3 is 0 Å². The van der Waals surface area contributed by atoms with Crippen molar-refractivity contribution in [3.05, 3.63) is 10.4 Å². The lowest BCUT2D eigenvalue weighted by Crippen LogP contribution is -2.31. The number of anilines is 1. The third-order valence-electron chi connectivity index (χ3n) is 3.39. The van der Waals surface area contributed by atoms with Gasteiger partial charge in [0.1, 0.15) is 4.83 Å². The Kier molecular flexibility index (Phi) is 3.85. The average Bonchev–Trinajstić information content (AvgIpc) is 2.73. The number of ether oxygens (including phenoxy) is 1. The van der Waals surface area contributed by atoms with Crippen LogP contribution in [0.15, 0.2) is 5.16 Å². The zero-order chi connectivity index (χ0) is 15.2. The minimum atomic E-state index is -0.155. The SMILES string of the molecule is CC(C)Sc1nc(NN)c2c3c(sc2n1)COC(C)(C)C3. The highest BCUT2D eigenvalue weighted by Gasteiger charge is 2.31. The van der Waals surface area contributed by atoms with E-state index in [0.717, 1.165) is 27.6 Å². The van der Waals surface area contributed by atoms with Crippen molar-refractivity contribution in [2.75, 3.05) is 5.43 Å². The molecule has 1 aliphatic heterocycles. The Labute approximate surface area is 132 Å². The summed E-state index contributed by atoms with van der Waals surface area (Å²) in [6, 6.07) is 0. The number of nitrogens with one attached hydrogen (secondary N) is 1. The second kappa shape index (κ2) is 5.39. The molecule has 5 nitrogen and oxygen atoms in total. The topological polar surface area (TPSA) is 73.1 Å². The summed E-state index contributed by atoms with van der Waals surface area (Å²) in [5.41, 5.74) is 3.87. The van der Waals surface area contributed by atoms with E-state index in [2.05, 4.69) is 38.1 Å². The summed E-state index contributed by atoms with van der Waals surface area (Å²) in [6.45, 7) is 9.12. The molecule has 3 heterocycles. The zero-order valence-corrected chi connectivity index (χ0v) is 14.3. The number of nitrogens with zero attached hydrogens (tertiary/aromatic N) is 2. The van der Waals surface area contributed by atoms with E-state index in [-0.39, 0.29) is 5.60 Å². The molecule has 0 fully saturated rings. The van der Waals surface area contributed by atoms with Gasteiger partial charge in [0, 0.05) is 16.5 Å². The number of thiophene rings is 1. The Morgan fingerprint density at radius 1 is 1.38 bits per heavy atom. The van der Waals surface area contributed by atoms with Gasteiger partial charge in [-0.15, -0.1) is 11.3 Å². The van der Waals surface area contributed by atoms with E-state index in [0.29, 0.717) is 11.9 Å². The zero-order valence-electron chi connectivity index (χ0n) is 12.7. The van der Waals surface area contributed by atoms with Gasteiger partial charge in [0.2, 0.25) is 0 Å². The van der Waals surface area contributed by atoms with Gasteiger partial charge in [-0.05, 0) is 19.4 Å². The first-order chi connectivity index (χ1) is 9.89. The number of hydrazine groups is 1. The largest absolute Gasteiger partial charge is 0.370 e. The Morgan fingerprint density at radius 3 is 2.81 bits per heavy atom. The van der Waals surface area contributed by atoms with Crippen molar-refractivity contribution in [3.8, 4) is 0 Å². The Hall–Kier alpha value is -0.890. The quantitative estimate of drug-likeness (QED) is 0.390. The van der Waals surface area contributed by atoms with Crippen LogP contribution in [0.5, 0.6) is 0 Å². The van der Waals surface area contributed by atoms with Crippen LogP contribution in [-0.2, 0) is 17.8 Å². The van der Waals surface area contributed by atoms with E-state index in [1.165, 1.54) is 10.4 Å². The Balaban J connectivity index is 2.15. The van der Waals surface area contributed by atoms with Crippen molar-refractivity contribution >= 4 is 39.1 Å². The molecule has 0 atom stereocenters. The summed E-state index contributed by atoms with van der Waals surface area (Å²) in [7, 11) is 0. The molecule has 0 saturated heterocycles. The smallest absolute Gasteiger partial charge is 0.191 e. The van der Waals surface area contributed by atoms with Gasteiger partial charge in [-0.1, -0.05) is 25.6 Å². The summed E-state index contributed by atoms with van der Waals surface area (Å²) >= 11 is 3.33. The highest BCUT2D eigenvalue weighted by Crippen LogP contribution is 2.41. The molecule has 3 N–H and O–H groups in total. The van der Waals surface area contributed by atoms with E-state index < -0.39 is 0 Å². The number of nitrogens with two attached hydrogens (primary N) is 1. The van der Waals surface area contributed by atoms with Crippen LogP contribution < -0.4 is 11.3 Å². The van der Waals surface area contributed by atoms with Crippen LogP contribution in [-0.4, -0.2) is 20.8 Å². The molecular formula is C14H20N4OS2. The number of fused-ring (bicyclic) bond motifs is 3. The van der Waals surface area contributed by atoms with Crippen LogP contribution in [0.2, 0.25) is 0 Å². The summed E-state index contributed by atoms with van der Waals surface area (Å²) in [6.07, 6.45) is 0.858. The maximum Gasteiger partial charge on any atom is 0.191 e. The molecule has 0 radical (unpaired) electrons. The molecule has 7 heteroatoms. The number of thioether (sulfide) groups is 1. The highest BCUT2D eigenvalue weighted by atomic mass is 32.2. The molecule has 0 saturated carbocycles. The molecule has 0 amide bonds. The van der Waals surface area contributed by atoms with Crippen molar-refractivity contribution in [3.63, 3.8) is 0 Å². The van der Waals surface area contributed by atoms with Gasteiger partial charge in [-0.25, -0.2) is 15.8 Å². The lowest BCUT2D eigenvalue weighted by molar-refractivity contribution is -0.0379. The lowest BCUT2D eigenvalue weighted by atomic mass is 9.94. The van der Waals surface area contributed by atoms with E-state index in [1.54, 1.807) is 23.1 Å². The first-order valence-electron chi connectivity index (χ1n) is 6.99. The summed E-state index contributed by atoms with van der Waals surface area (Å²) in [5, 5.41) is 2.26. The first-order valence-corrected chi connectivity index (χ1v) is 8.69. The number of aromatic nitrogens is 2. The van der Waals surface area contributed by atoms with Crippen molar-refractivity contribution in [2.24, 2.45) is 5.84 Å². The highest BCUT2D eigenvalue weighted by molar-refractivity contribution is 7.99. The molecule has 2 aromatic rings. The van der Waals surface area contributed by atoms with Crippen molar-refractivity contribution in [1.29, 1.82) is 0 Å². The van der Waals surface area contributed by atoms with Crippen molar-refractivity contribution in [2.45, 2.75) is 56.7 Å². The van der Waals surface area contributed by atoms with Crippen molar-refractivity contribution in [1.82, 2.24) is 9.97 Å². The van der Waals surface area contributed by atoms with Crippen LogP contribution in [0, 0.1) is 0 Å². The van der Waals surface area contributed by atoms with Gasteiger partial charge < -0.3 is 10.2 Å². The summed E-state index contributed by atoms with van der Waals surface area (Å²) < 4.78 is 5.89. The van der Waals surface area contributed by atoms with Crippen molar-refractivity contribution < 1.29 is 4.74 Å². The molecule has 21 heavy (non-hydrogen) atoms.